The van der Waals surface area contributed by atoms with Gasteiger partial charge < -0.3 is 5.73 Å². The topological polar surface area (TPSA) is 26.0 Å². The van der Waals surface area contributed by atoms with Crippen LogP contribution in [0.15, 0.2) is 0 Å². The highest BCUT2D eigenvalue weighted by Crippen LogP contribution is 2.55. The first-order valence-electron chi connectivity index (χ1n) is 12.0. The lowest BCUT2D eigenvalue weighted by Gasteiger charge is -2.51. The fourth-order valence-corrected chi connectivity index (χ4v) is 6.30. The summed E-state index contributed by atoms with van der Waals surface area (Å²) in [5, 5.41) is 0. The lowest BCUT2D eigenvalue weighted by molar-refractivity contribution is -0.0116. The third kappa shape index (κ3) is 5.24. The van der Waals surface area contributed by atoms with Gasteiger partial charge in [-0.05, 0) is 73.7 Å². The maximum atomic E-state index is 6.09. The van der Waals surface area contributed by atoms with Gasteiger partial charge in [-0.25, -0.2) is 0 Å². The molecule has 3 unspecified atom stereocenters. The third-order valence-electron chi connectivity index (χ3n) is 8.12. The summed E-state index contributed by atoms with van der Waals surface area (Å²) in [4.78, 5) is 0. The second-order valence-electron chi connectivity index (χ2n) is 9.97. The minimum atomic E-state index is 0.909. The van der Waals surface area contributed by atoms with E-state index in [1.165, 1.54) is 57.8 Å². The minimum Gasteiger partial charge on any atom is -0.330 e. The quantitative estimate of drug-likeness (QED) is 0.389. The van der Waals surface area contributed by atoms with E-state index in [4.69, 9.17) is 5.73 Å². The molecular weight excluding hydrogens is 302 g/mol. The average molecular weight is 348 g/mol. The molecule has 0 aromatic rings. The highest BCUT2D eigenvalue weighted by Gasteiger charge is 2.45. The normalized spacial score (nSPS) is 30.4. The van der Waals surface area contributed by atoms with Crippen LogP contribution in [0.25, 0.3) is 0 Å². The van der Waals surface area contributed by atoms with E-state index in [9.17, 15) is 0 Å². The Morgan fingerprint density at radius 2 is 1.60 bits per heavy atom. The second-order valence-corrected chi connectivity index (χ2v) is 9.97. The highest BCUT2D eigenvalue weighted by molar-refractivity contribution is 4.95. The smallest absolute Gasteiger partial charge is 0.00745 e. The molecule has 0 amide bonds. The van der Waals surface area contributed by atoms with Gasteiger partial charge in [-0.1, -0.05) is 78.1 Å². The Kier molecular flexibility index (Phi) is 7.70. The molecule has 0 aliphatic heterocycles. The van der Waals surface area contributed by atoms with E-state index in [2.05, 4.69) is 13.8 Å². The van der Waals surface area contributed by atoms with Gasteiger partial charge in [-0.2, -0.15) is 0 Å². The lowest BCUT2D eigenvalue weighted by atomic mass is 9.54. The van der Waals surface area contributed by atoms with Gasteiger partial charge in [0.15, 0.2) is 0 Å². The zero-order valence-corrected chi connectivity index (χ0v) is 17.2. The molecule has 3 rings (SSSR count). The van der Waals surface area contributed by atoms with Gasteiger partial charge in [-0.15, -0.1) is 0 Å². The zero-order chi connectivity index (χ0) is 17.6. The average Bonchev–Trinajstić information content (AvgIpc) is 3.32. The number of hydrogen-bond acceptors (Lipinski definition) is 1. The van der Waals surface area contributed by atoms with Gasteiger partial charge in [0.05, 0.1) is 0 Å². The van der Waals surface area contributed by atoms with E-state index in [1.54, 1.807) is 32.1 Å². The summed E-state index contributed by atoms with van der Waals surface area (Å²) in [5.41, 5.74) is 6.09. The van der Waals surface area contributed by atoms with E-state index in [0.29, 0.717) is 0 Å². The summed E-state index contributed by atoms with van der Waals surface area (Å²) in [5.74, 6) is 7.31. The third-order valence-corrected chi connectivity index (χ3v) is 8.12. The van der Waals surface area contributed by atoms with Crippen molar-refractivity contribution in [2.24, 2.45) is 47.2 Å². The predicted octanol–water partition coefficient (Wildman–Crippen LogP) is 6.80. The van der Waals surface area contributed by atoms with Crippen molar-refractivity contribution in [3.8, 4) is 0 Å². The van der Waals surface area contributed by atoms with Crippen molar-refractivity contribution in [3.63, 3.8) is 0 Å². The fourth-order valence-electron chi connectivity index (χ4n) is 6.30. The molecule has 146 valence electrons. The van der Waals surface area contributed by atoms with E-state index in [-0.39, 0.29) is 0 Å². The Labute approximate surface area is 157 Å². The van der Waals surface area contributed by atoms with Crippen molar-refractivity contribution in [1.82, 2.24) is 0 Å². The van der Waals surface area contributed by atoms with Gasteiger partial charge in [0.1, 0.15) is 0 Å². The first-order valence-corrected chi connectivity index (χ1v) is 12.0. The van der Waals surface area contributed by atoms with Crippen LogP contribution in [0.4, 0.5) is 0 Å². The van der Waals surface area contributed by atoms with Crippen LogP contribution in [-0.4, -0.2) is 6.54 Å². The first kappa shape index (κ1) is 19.7. The van der Waals surface area contributed by atoms with Crippen molar-refractivity contribution in [2.45, 2.75) is 104 Å². The number of rotatable bonds is 13. The molecule has 0 heterocycles. The standard InChI is InChI=1S/C24H45N/c1-3-5-8-20(13-14-25)24(21(7-4-2)15-18-11-12-18)23-16-22(17-23)19-9-6-10-19/h18-24H,3-17,25H2,1-2H3. The van der Waals surface area contributed by atoms with Crippen LogP contribution in [0.2, 0.25) is 0 Å². The molecule has 25 heavy (non-hydrogen) atoms. The largest absolute Gasteiger partial charge is 0.330 e. The molecule has 0 radical (unpaired) electrons. The molecule has 0 saturated heterocycles. The SMILES string of the molecule is CCCCC(CCN)C(C(CCC)CC1CC1)C1CC(C2CCC2)C1. The number of nitrogens with two attached hydrogens (primary N) is 1. The monoisotopic (exact) mass is 347 g/mol. The van der Waals surface area contributed by atoms with Crippen LogP contribution in [0, 0.1) is 41.4 Å². The maximum absolute atomic E-state index is 6.09. The summed E-state index contributed by atoms with van der Waals surface area (Å²) in [6.45, 7) is 5.68. The Morgan fingerprint density at radius 1 is 0.840 bits per heavy atom. The van der Waals surface area contributed by atoms with Crippen LogP contribution >= 0.6 is 0 Å². The predicted molar refractivity (Wildman–Crippen MR) is 109 cm³/mol. The van der Waals surface area contributed by atoms with Crippen LogP contribution in [0.3, 0.4) is 0 Å². The van der Waals surface area contributed by atoms with Crippen molar-refractivity contribution < 1.29 is 0 Å². The van der Waals surface area contributed by atoms with E-state index in [0.717, 1.165) is 48.0 Å². The summed E-state index contributed by atoms with van der Waals surface area (Å²) in [7, 11) is 0. The second kappa shape index (κ2) is 9.77. The summed E-state index contributed by atoms with van der Waals surface area (Å²) in [6, 6.07) is 0. The van der Waals surface area contributed by atoms with E-state index in [1.807, 2.05) is 0 Å². The van der Waals surface area contributed by atoms with Crippen LogP contribution in [-0.2, 0) is 0 Å². The van der Waals surface area contributed by atoms with Gasteiger partial charge in [0, 0.05) is 0 Å². The van der Waals surface area contributed by atoms with Gasteiger partial charge in [-0.3, -0.25) is 0 Å². The van der Waals surface area contributed by atoms with Gasteiger partial charge >= 0.3 is 0 Å². The van der Waals surface area contributed by atoms with Crippen molar-refractivity contribution in [1.29, 1.82) is 0 Å². The fraction of sp³-hybridized carbons (Fsp3) is 1.00. The Hall–Kier alpha value is -0.0400. The maximum Gasteiger partial charge on any atom is -0.00745 e. The van der Waals surface area contributed by atoms with E-state index >= 15 is 0 Å². The first-order chi connectivity index (χ1) is 12.3. The molecule has 1 heteroatoms. The lowest BCUT2D eigenvalue weighted by Crippen LogP contribution is -2.42. The highest BCUT2D eigenvalue weighted by atomic mass is 14.6. The molecule has 3 saturated carbocycles. The molecule has 0 aromatic heterocycles. The molecule has 0 aromatic carbocycles. The van der Waals surface area contributed by atoms with Crippen molar-refractivity contribution in [3.05, 3.63) is 0 Å². The molecule has 2 N–H and O–H groups in total. The van der Waals surface area contributed by atoms with Crippen LogP contribution in [0.1, 0.15) is 104 Å². The molecular formula is C24H45N. The molecule has 3 aliphatic carbocycles. The van der Waals surface area contributed by atoms with Crippen molar-refractivity contribution >= 4 is 0 Å². The Balaban J connectivity index is 1.66. The number of hydrogen-bond donors (Lipinski definition) is 1. The zero-order valence-electron chi connectivity index (χ0n) is 17.2. The summed E-state index contributed by atoms with van der Waals surface area (Å²) in [6.07, 6.45) is 20.8. The molecule has 1 nitrogen and oxygen atoms in total. The molecule has 0 bridgehead atoms. The van der Waals surface area contributed by atoms with Gasteiger partial charge in [0.25, 0.3) is 0 Å². The summed E-state index contributed by atoms with van der Waals surface area (Å²) >= 11 is 0. The molecule has 0 spiro atoms. The number of unbranched alkanes of at least 4 members (excludes halogenated alkanes) is 1. The van der Waals surface area contributed by atoms with Crippen molar-refractivity contribution in [2.75, 3.05) is 6.54 Å². The molecule has 3 atom stereocenters. The van der Waals surface area contributed by atoms with E-state index < -0.39 is 0 Å². The van der Waals surface area contributed by atoms with Crippen LogP contribution < -0.4 is 5.73 Å². The minimum absolute atomic E-state index is 0.909. The Bertz CT molecular complexity index is 364. The Morgan fingerprint density at radius 3 is 2.12 bits per heavy atom. The summed E-state index contributed by atoms with van der Waals surface area (Å²) < 4.78 is 0. The van der Waals surface area contributed by atoms with Gasteiger partial charge in [0.2, 0.25) is 0 Å². The molecule has 3 aliphatic rings. The molecule has 3 fully saturated rings. The van der Waals surface area contributed by atoms with Crippen LogP contribution in [0.5, 0.6) is 0 Å².